The van der Waals surface area contributed by atoms with E-state index in [0.29, 0.717) is 23.6 Å². The van der Waals surface area contributed by atoms with Gasteiger partial charge in [0.15, 0.2) is 0 Å². The largest absolute Gasteiger partial charge is 0.397 e. The lowest BCUT2D eigenvalue weighted by atomic mass is 9.86. The molecule has 2 rings (SSSR count). The first-order valence-electron chi connectivity index (χ1n) is 6.16. The highest BCUT2D eigenvalue weighted by molar-refractivity contribution is 9.10. The Kier molecular flexibility index (Phi) is 3.61. The van der Waals surface area contributed by atoms with Gasteiger partial charge in [0, 0.05) is 12.6 Å². The lowest BCUT2D eigenvalue weighted by Crippen LogP contribution is -2.46. The van der Waals surface area contributed by atoms with Gasteiger partial charge in [-0.1, -0.05) is 13.8 Å². The van der Waals surface area contributed by atoms with Gasteiger partial charge >= 0.3 is 0 Å². The number of nitrogen functional groups attached to an aromatic ring is 1. The first kappa shape index (κ1) is 12.7. The third-order valence-corrected chi connectivity index (χ3v) is 4.30. The summed E-state index contributed by atoms with van der Waals surface area (Å²) < 4.78 is 0.991. The highest BCUT2D eigenvalue weighted by atomic mass is 79.9. The van der Waals surface area contributed by atoms with Crippen LogP contribution in [-0.4, -0.2) is 17.6 Å². The maximum Gasteiger partial charge on any atom is 0.143 e. The van der Waals surface area contributed by atoms with Gasteiger partial charge in [0.05, 0.1) is 16.4 Å². The van der Waals surface area contributed by atoms with E-state index in [4.69, 9.17) is 5.73 Å². The van der Waals surface area contributed by atoms with Gasteiger partial charge in [-0.3, -0.25) is 0 Å². The van der Waals surface area contributed by atoms with E-state index in [0.717, 1.165) is 16.8 Å². The second kappa shape index (κ2) is 4.84. The number of rotatable bonds is 1. The summed E-state index contributed by atoms with van der Waals surface area (Å²) in [5.41, 5.74) is 6.44. The Labute approximate surface area is 112 Å². The number of nitrogens with zero attached hydrogens (tertiary/aromatic N) is 2. The Morgan fingerprint density at radius 3 is 2.76 bits per heavy atom. The molecule has 94 valence electrons. The number of halogens is 1. The molecular weight excluding hydrogens is 278 g/mol. The maximum absolute atomic E-state index is 5.74. The van der Waals surface area contributed by atoms with Crippen molar-refractivity contribution in [1.82, 2.24) is 4.98 Å². The zero-order chi connectivity index (χ0) is 12.6. The number of hydrogen-bond donors (Lipinski definition) is 1. The summed E-state index contributed by atoms with van der Waals surface area (Å²) in [4.78, 5) is 6.87. The first-order chi connectivity index (χ1) is 7.99. The number of pyridine rings is 1. The van der Waals surface area contributed by atoms with Crippen LogP contribution < -0.4 is 10.6 Å². The second-order valence-corrected chi connectivity index (χ2v) is 6.14. The molecule has 0 amide bonds. The van der Waals surface area contributed by atoms with Gasteiger partial charge in [-0.25, -0.2) is 4.98 Å². The quantitative estimate of drug-likeness (QED) is 0.865. The van der Waals surface area contributed by atoms with E-state index in [9.17, 15) is 0 Å². The molecule has 2 N–H and O–H groups in total. The monoisotopic (exact) mass is 297 g/mol. The highest BCUT2D eigenvalue weighted by Crippen LogP contribution is 2.34. The average Bonchev–Trinajstić information content (AvgIpc) is 2.24. The summed E-state index contributed by atoms with van der Waals surface area (Å²) in [5.74, 6) is 2.43. The Morgan fingerprint density at radius 2 is 2.12 bits per heavy atom. The van der Waals surface area contributed by atoms with Gasteiger partial charge < -0.3 is 10.6 Å². The van der Waals surface area contributed by atoms with Crippen LogP contribution in [0.2, 0.25) is 0 Å². The van der Waals surface area contributed by atoms with Crippen molar-refractivity contribution in [2.24, 2.45) is 11.8 Å². The summed E-state index contributed by atoms with van der Waals surface area (Å²) in [6.45, 7) is 7.97. The van der Waals surface area contributed by atoms with E-state index in [1.165, 1.54) is 6.42 Å². The minimum atomic E-state index is 0.527. The first-order valence-corrected chi connectivity index (χ1v) is 6.96. The lowest BCUT2D eigenvalue weighted by Gasteiger charge is -2.42. The van der Waals surface area contributed by atoms with E-state index in [1.54, 1.807) is 6.20 Å². The molecule has 1 saturated heterocycles. The molecule has 1 aromatic heterocycles. The molecule has 1 aliphatic rings. The van der Waals surface area contributed by atoms with E-state index in [2.05, 4.69) is 46.6 Å². The van der Waals surface area contributed by atoms with Crippen LogP contribution in [0.15, 0.2) is 16.7 Å². The fourth-order valence-corrected chi connectivity index (χ4v) is 3.25. The summed E-state index contributed by atoms with van der Waals surface area (Å²) >= 11 is 3.57. The minimum absolute atomic E-state index is 0.527. The van der Waals surface area contributed by atoms with Crippen LogP contribution in [0.3, 0.4) is 0 Å². The molecule has 0 spiro atoms. The maximum atomic E-state index is 5.74. The number of hydrogen-bond acceptors (Lipinski definition) is 3. The molecule has 3 atom stereocenters. The van der Waals surface area contributed by atoms with Crippen molar-refractivity contribution in [2.45, 2.75) is 33.2 Å². The smallest absolute Gasteiger partial charge is 0.143 e. The molecular formula is C13H20BrN3. The predicted molar refractivity (Wildman–Crippen MR) is 76.1 cm³/mol. The van der Waals surface area contributed by atoms with Crippen molar-refractivity contribution in [2.75, 3.05) is 17.2 Å². The minimum Gasteiger partial charge on any atom is -0.397 e. The molecule has 1 fully saturated rings. The summed E-state index contributed by atoms with van der Waals surface area (Å²) in [5, 5.41) is 0. The van der Waals surface area contributed by atoms with Crippen LogP contribution in [0.4, 0.5) is 11.5 Å². The molecule has 17 heavy (non-hydrogen) atoms. The Hall–Kier alpha value is -0.770. The van der Waals surface area contributed by atoms with Crippen LogP contribution in [0, 0.1) is 11.8 Å². The van der Waals surface area contributed by atoms with Crippen molar-refractivity contribution in [1.29, 1.82) is 0 Å². The van der Waals surface area contributed by atoms with Crippen LogP contribution in [0.1, 0.15) is 27.2 Å². The van der Waals surface area contributed by atoms with E-state index in [-0.39, 0.29) is 0 Å². The van der Waals surface area contributed by atoms with Gasteiger partial charge in [0.25, 0.3) is 0 Å². The number of piperidine rings is 1. The molecule has 3 nitrogen and oxygen atoms in total. The predicted octanol–water partition coefficient (Wildman–Crippen LogP) is 3.30. The van der Waals surface area contributed by atoms with Gasteiger partial charge in [-0.15, -0.1) is 0 Å². The van der Waals surface area contributed by atoms with Crippen molar-refractivity contribution in [3.63, 3.8) is 0 Å². The second-order valence-electron chi connectivity index (χ2n) is 5.29. The topological polar surface area (TPSA) is 42.2 Å². The van der Waals surface area contributed by atoms with Gasteiger partial charge in [-0.2, -0.15) is 0 Å². The summed E-state index contributed by atoms with van der Waals surface area (Å²) in [6.07, 6.45) is 3.03. The number of anilines is 2. The molecule has 1 aliphatic heterocycles. The number of nitrogens with two attached hydrogens (primary N) is 1. The van der Waals surface area contributed by atoms with E-state index in [1.807, 2.05) is 6.07 Å². The molecule has 2 heterocycles. The zero-order valence-electron chi connectivity index (χ0n) is 10.7. The fourth-order valence-electron chi connectivity index (χ4n) is 2.65. The molecule has 4 heteroatoms. The molecule has 0 aromatic carbocycles. The molecule has 0 saturated carbocycles. The van der Waals surface area contributed by atoms with E-state index < -0.39 is 0 Å². The van der Waals surface area contributed by atoms with Crippen molar-refractivity contribution in [3.05, 3.63) is 16.7 Å². The third kappa shape index (κ3) is 2.57. The van der Waals surface area contributed by atoms with Crippen LogP contribution in [0.25, 0.3) is 0 Å². The van der Waals surface area contributed by atoms with Crippen LogP contribution in [0.5, 0.6) is 0 Å². The molecule has 3 unspecified atom stereocenters. The Balaban J connectivity index is 2.31. The Morgan fingerprint density at radius 1 is 1.41 bits per heavy atom. The molecule has 0 bridgehead atoms. The van der Waals surface area contributed by atoms with Crippen LogP contribution in [-0.2, 0) is 0 Å². The molecule has 0 aliphatic carbocycles. The van der Waals surface area contributed by atoms with Crippen LogP contribution >= 0.6 is 15.9 Å². The third-order valence-electron chi connectivity index (χ3n) is 3.71. The zero-order valence-corrected chi connectivity index (χ0v) is 12.2. The van der Waals surface area contributed by atoms with Gasteiger partial charge in [0.1, 0.15) is 5.82 Å². The number of aromatic nitrogens is 1. The normalized spacial score (nSPS) is 29.4. The van der Waals surface area contributed by atoms with Gasteiger partial charge in [-0.05, 0) is 47.2 Å². The average molecular weight is 298 g/mol. The van der Waals surface area contributed by atoms with E-state index >= 15 is 0 Å². The molecule has 1 aromatic rings. The van der Waals surface area contributed by atoms with Crippen molar-refractivity contribution >= 4 is 27.4 Å². The van der Waals surface area contributed by atoms with Crippen molar-refractivity contribution in [3.8, 4) is 0 Å². The lowest BCUT2D eigenvalue weighted by molar-refractivity contribution is 0.295. The van der Waals surface area contributed by atoms with Gasteiger partial charge in [0.2, 0.25) is 0 Å². The summed E-state index contributed by atoms with van der Waals surface area (Å²) in [7, 11) is 0. The summed E-state index contributed by atoms with van der Waals surface area (Å²) in [6, 6.07) is 2.46. The Bertz CT molecular complexity index is 408. The fraction of sp³-hybridized carbons (Fsp3) is 0.615. The standard InChI is InChI=1S/C13H20BrN3/c1-8-4-9(2)10(3)17(7-8)13-12(14)5-11(15)6-16-13/h5-6,8-10H,4,7,15H2,1-3H3. The molecule has 0 radical (unpaired) electrons. The van der Waals surface area contributed by atoms with Crippen molar-refractivity contribution < 1.29 is 0 Å². The highest BCUT2D eigenvalue weighted by Gasteiger charge is 2.30. The SMILES string of the molecule is CC1CC(C)C(C)N(c2ncc(N)cc2Br)C1.